The molecule has 0 aliphatic rings. The van der Waals surface area contributed by atoms with E-state index in [1.165, 1.54) is 36.0 Å². The summed E-state index contributed by atoms with van der Waals surface area (Å²) in [6.45, 7) is 53.6. The maximum absolute atomic E-state index is 4.41. The number of rotatable bonds is 4. The van der Waals surface area contributed by atoms with Gasteiger partial charge in [0.15, 0.2) is 0 Å². The molecule has 2 heteroatoms. The van der Waals surface area contributed by atoms with E-state index >= 15 is 0 Å². The van der Waals surface area contributed by atoms with E-state index < -0.39 is 0 Å². The Morgan fingerprint density at radius 1 is 0.442 bits per heavy atom. The number of benzene rings is 1. The summed E-state index contributed by atoms with van der Waals surface area (Å²) in [6, 6.07) is 8.91. The Kier molecular flexibility index (Phi) is 20.4. The van der Waals surface area contributed by atoms with E-state index in [-0.39, 0.29) is 16.2 Å². The van der Waals surface area contributed by atoms with Crippen LogP contribution >= 0.6 is 0 Å². The van der Waals surface area contributed by atoms with Crippen LogP contribution in [0.15, 0.2) is 54.9 Å². The molecule has 0 unspecified atom stereocenters. The fraction of sp³-hybridized carbons (Fsp3) is 0.720. The third kappa shape index (κ3) is 33.6. The highest BCUT2D eigenvalue weighted by Gasteiger charge is 2.20. The molecule has 1 heterocycles. The number of hydrogen-bond donors (Lipinski definition) is 0. The SMILES string of the molecule is CC(C)(C)/C=C/C(C)(C)C.CC(C)(C)/C=C/c1ccc(CC(C)(C)C)cc1.CC(C)(C)CCCC(C)(C)C.CC(C)(C)c1cnc(C(C)(C)C)nc1. The third-order valence-corrected chi connectivity index (χ3v) is 7.62. The van der Waals surface area contributed by atoms with Crippen molar-refractivity contribution < 1.29 is 0 Å². The van der Waals surface area contributed by atoms with Gasteiger partial charge in [0.2, 0.25) is 0 Å². The van der Waals surface area contributed by atoms with Gasteiger partial charge in [-0.15, -0.1) is 0 Å². The van der Waals surface area contributed by atoms with Crippen molar-refractivity contribution in [2.75, 3.05) is 0 Å². The molecule has 0 amide bonds. The Bertz CT molecular complexity index is 1220. The van der Waals surface area contributed by atoms with Gasteiger partial charge in [0.05, 0.1) is 0 Å². The summed E-state index contributed by atoms with van der Waals surface area (Å²) in [5.41, 5.74) is 6.38. The van der Waals surface area contributed by atoms with Gasteiger partial charge in [-0.25, -0.2) is 9.97 Å². The Morgan fingerprint density at radius 2 is 0.808 bits per heavy atom. The predicted molar refractivity (Wildman–Crippen MR) is 238 cm³/mol. The van der Waals surface area contributed by atoms with E-state index in [1.807, 2.05) is 12.4 Å². The Morgan fingerprint density at radius 3 is 1.08 bits per heavy atom. The van der Waals surface area contributed by atoms with Crippen molar-refractivity contribution in [3.63, 3.8) is 0 Å². The lowest BCUT2D eigenvalue weighted by molar-refractivity contribution is 0.301. The second-order valence-corrected chi connectivity index (χ2v) is 24.0. The van der Waals surface area contributed by atoms with Crippen LogP contribution in [0.2, 0.25) is 0 Å². The predicted octanol–water partition coefficient (Wildman–Crippen LogP) is 16.3. The molecule has 0 saturated carbocycles. The molecule has 0 radical (unpaired) electrons. The van der Waals surface area contributed by atoms with E-state index in [9.17, 15) is 0 Å². The summed E-state index contributed by atoms with van der Waals surface area (Å²) in [5, 5.41) is 0. The van der Waals surface area contributed by atoms with Crippen LogP contribution in [-0.2, 0) is 17.3 Å². The van der Waals surface area contributed by atoms with E-state index in [0.717, 1.165) is 12.2 Å². The molecule has 52 heavy (non-hydrogen) atoms. The molecule has 2 aromatic rings. The second kappa shape index (κ2) is 20.5. The normalized spacial score (nSPS) is 13.5. The molecule has 1 aromatic carbocycles. The second-order valence-electron chi connectivity index (χ2n) is 24.0. The Balaban J connectivity index is 0. The molecule has 0 fully saturated rings. The molecule has 0 aliphatic carbocycles. The molecular formula is C50H90N2. The monoisotopic (exact) mass is 719 g/mol. The number of aromatic nitrogens is 2. The highest BCUT2D eigenvalue weighted by atomic mass is 14.9. The van der Waals surface area contributed by atoms with Crippen LogP contribution in [0, 0.1) is 32.5 Å². The molecule has 2 nitrogen and oxygen atoms in total. The maximum atomic E-state index is 4.41. The first-order chi connectivity index (χ1) is 22.8. The summed E-state index contributed by atoms with van der Waals surface area (Å²) in [6.07, 6.45) is 18.1. The van der Waals surface area contributed by atoms with Crippen molar-refractivity contribution in [3.05, 3.63) is 77.4 Å². The van der Waals surface area contributed by atoms with Crippen LogP contribution < -0.4 is 0 Å². The van der Waals surface area contributed by atoms with E-state index in [1.54, 1.807) is 0 Å². The summed E-state index contributed by atoms with van der Waals surface area (Å²) in [7, 11) is 0. The molecule has 0 atom stereocenters. The zero-order valence-corrected chi connectivity index (χ0v) is 39.5. The van der Waals surface area contributed by atoms with Gasteiger partial charge in [0, 0.05) is 17.8 Å². The lowest BCUT2D eigenvalue weighted by Crippen LogP contribution is -2.18. The van der Waals surface area contributed by atoms with Crippen molar-refractivity contribution in [1.29, 1.82) is 0 Å². The highest BCUT2D eigenvalue weighted by molar-refractivity contribution is 5.50. The average molecular weight is 719 g/mol. The molecule has 1 aromatic heterocycles. The van der Waals surface area contributed by atoms with Crippen molar-refractivity contribution >= 4 is 6.08 Å². The molecule has 0 spiro atoms. The molecular weight excluding hydrogens is 629 g/mol. The van der Waals surface area contributed by atoms with Crippen LogP contribution in [-0.4, -0.2) is 9.97 Å². The summed E-state index contributed by atoms with van der Waals surface area (Å²) in [5.74, 6) is 0.908. The van der Waals surface area contributed by atoms with Gasteiger partial charge in [0.1, 0.15) is 5.82 Å². The van der Waals surface area contributed by atoms with Crippen LogP contribution in [0.5, 0.6) is 0 Å². The largest absolute Gasteiger partial charge is 0.241 e. The topological polar surface area (TPSA) is 25.8 Å². The molecule has 2 rings (SSSR count). The molecule has 300 valence electrons. The summed E-state index contributed by atoms with van der Waals surface area (Å²) < 4.78 is 0. The first kappa shape index (κ1) is 51.9. The van der Waals surface area contributed by atoms with Crippen LogP contribution in [0.4, 0.5) is 0 Å². The fourth-order valence-electron chi connectivity index (χ4n) is 4.46. The highest BCUT2D eigenvalue weighted by Crippen LogP contribution is 2.28. The van der Waals surface area contributed by atoms with Gasteiger partial charge in [-0.1, -0.05) is 221 Å². The lowest BCUT2D eigenvalue weighted by Gasteiger charge is -2.22. The van der Waals surface area contributed by atoms with Crippen LogP contribution in [0.1, 0.15) is 208 Å². The van der Waals surface area contributed by atoms with Crippen LogP contribution in [0.25, 0.3) is 6.08 Å². The number of allylic oxidation sites excluding steroid dienone is 3. The van der Waals surface area contributed by atoms with Gasteiger partial charge >= 0.3 is 0 Å². The summed E-state index contributed by atoms with van der Waals surface area (Å²) in [4.78, 5) is 8.81. The minimum absolute atomic E-state index is 0.0381. The minimum atomic E-state index is 0.0381. The average Bonchev–Trinajstić information content (AvgIpc) is 2.88. The van der Waals surface area contributed by atoms with Gasteiger partial charge in [0.25, 0.3) is 0 Å². The third-order valence-electron chi connectivity index (χ3n) is 7.62. The first-order valence-electron chi connectivity index (χ1n) is 20.1. The van der Waals surface area contributed by atoms with E-state index in [4.69, 9.17) is 0 Å². The quantitative estimate of drug-likeness (QED) is 0.294. The molecule has 0 bridgehead atoms. The van der Waals surface area contributed by atoms with Gasteiger partial charge < -0.3 is 0 Å². The van der Waals surface area contributed by atoms with Gasteiger partial charge in [-0.3, -0.25) is 0 Å². The van der Waals surface area contributed by atoms with Crippen LogP contribution in [0.3, 0.4) is 0 Å². The minimum Gasteiger partial charge on any atom is -0.241 e. The van der Waals surface area contributed by atoms with Gasteiger partial charge in [-0.05, 0) is 73.9 Å². The smallest absolute Gasteiger partial charge is 0.133 e. The van der Waals surface area contributed by atoms with E-state index in [2.05, 4.69) is 225 Å². The summed E-state index contributed by atoms with van der Waals surface area (Å²) >= 11 is 0. The standard InChI is InChI=1S/C17H26.C12H20N2.C11H24.C10H20/c1-16(2,3)12-11-14-7-9-15(10-8-14)13-17(4,5)6;1-11(2,3)9-7-13-10(14-8-9)12(4,5)6;1-10(2,3)8-7-9-11(4,5)6;1-9(2,3)7-8-10(4,5)6/h7-12H,13H2,1-6H3;7-8H,1-6H3;7-9H2,1-6H3;7-8H,1-6H3/b12-11+;;;8-7+. The molecule has 0 N–H and O–H groups in total. The number of hydrogen-bond acceptors (Lipinski definition) is 2. The number of nitrogens with zero attached hydrogens (tertiary/aromatic N) is 2. The van der Waals surface area contributed by atoms with Gasteiger partial charge in [-0.2, -0.15) is 0 Å². The zero-order valence-electron chi connectivity index (χ0n) is 39.5. The lowest BCUT2D eigenvalue weighted by atomic mass is 9.84. The maximum Gasteiger partial charge on any atom is 0.133 e. The van der Waals surface area contributed by atoms with Crippen molar-refractivity contribution in [2.24, 2.45) is 32.5 Å². The van der Waals surface area contributed by atoms with Crippen molar-refractivity contribution in [1.82, 2.24) is 9.97 Å². The van der Waals surface area contributed by atoms with Crippen molar-refractivity contribution in [3.8, 4) is 0 Å². The van der Waals surface area contributed by atoms with E-state index in [0.29, 0.717) is 27.1 Å². The fourth-order valence-corrected chi connectivity index (χ4v) is 4.46. The Labute approximate surface area is 327 Å². The molecule has 0 aliphatic heterocycles. The van der Waals surface area contributed by atoms with Crippen molar-refractivity contribution in [2.45, 2.75) is 203 Å². The molecule has 0 saturated heterocycles. The Hall–Kier alpha value is -2.22. The first-order valence-corrected chi connectivity index (χ1v) is 20.1. The zero-order chi connectivity index (χ0) is 41.6.